The zero-order valence-corrected chi connectivity index (χ0v) is 17.6. The lowest BCUT2D eigenvalue weighted by Gasteiger charge is -2.35. The molecule has 4 aromatic rings. The summed E-state index contributed by atoms with van der Waals surface area (Å²) in [4.78, 5) is 29.8. The number of carbonyl (C=O) groups excluding carboxylic acids is 1. The SMILES string of the molecule is O=C(CSc1ncnc2c1sc1cccc(F)c12)N1CCN(c2ccccn2)CC1. The minimum absolute atomic E-state index is 0.0831. The molecule has 1 aromatic carbocycles. The Labute approximate surface area is 180 Å². The molecule has 0 aliphatic carbocycles. The highest BCUT2D eigenvalue weighted by molar-refractivity contribution is 8.00. The lowest BCUT2D eigenvalue weighted by atomic mass is 10.2. The lowest BCUT2D eigenvalue weighted by molar-refractivity contribution is -0.128. The number of hydrogen-bond acceptors (Lipinski definition) is 7. The second-order valence-corrected chi connectivity index (χ2v) is 8.93. The van der Waals surface area contributed by atoms with Crippen molar-refractivity contribution < 1.29 is 9.18 Å². The van der Waals surface area contributed by atoms with Crippen LogP contribution in [-0.2, 0) is 4.79 Å². The predicted molar refractivity (Wildman–Crippen MR) is 119 cm³/mol. The van der Waals surface area contributed by atoms with E-state index in [1.54, 1.807) is 12.3 Å². The molecule has 1 amide bonds. The number of amides is 1. The van der Waals surface area contributed by atoms with Crippen LogP contribution in [0, 0.1) is 5.82 Å². The quantitative estimate of drug-likeness (QED) is 0.356. The molecule has 1 saturated heterocycles. The number of hydrogen-bond donors (Lipinski definition) is 0. The number of pyridine rings is 1. The van der Waals surface area contributed by atoms with E-state index in [-0.39, 0.29) is 11.7 Å². The number of thioether (sulfide) groups is 1. The monoisotopic (exact) mass is 439 g/mol. The highest BCUT2D eigenvalue weighted by Gasteiger charge is 2.22. The van der Waals surface area contributed by atoms with Crippen LogP contribution in [0.4, 0.5) is 10.2 Å². The molecule has 0 saturated carbocycles. The third kappa shape index (κ3) is 3.59. The summed E-state index contributed by atoms with van der Waals surface area (Å²) in [6, 6.07) is 10.9. The number of nitrogens with zero attached hydrogens (tertiary/aromatic N) is 5. The first-order valence-electron chi connectivity index (χ1n) is 9.59. The van der Waals surface area contributed by atoms with Crippen molar-refractivity contribution in [2.24, 2.45) is 0 Å². The highest BCUT2D eigenvalue weighted by atomic mass is 32.2. The molecule has 9 heteroatoms. The number of aromatic nitrogens is 3. The van der Waals surface area contributed by atoms with Crippen LogP contribution in [0.15, 0.2) is 53.9 Å². The molecule has 1 aliphatic heterocycles. The van der Waals surface area contributed by atoms with Crippen molar-refractivity contribution in [2.45, 2.75) is 5.03 Å². The van der Waals surface area contributed by atoms with Crippen LogP contribution in [0.25, 0.3) is 20.3 Å². The fourth-order valence-corrected chi connectivity index (χ4v) is 5.75. The zero-order chi connectivity index (χ0) is 20.5. The maximum absolute atomic E-state index is 14.3. The molecule has 0 radical (unpaired) electrons. The second-order valence-electron chi connectivity index (χ2n) is 6.92. The van der Waals surface area contributed by atoms with Gasteiger partial charge in [-0.15, -0.1) is 11.3 Å². The summed E-state index contributed by atoms with van der Waals surface area (Å²) in [7, 11) is 0. The van der Waals surface area contributed by atoms with Gasteiger partial charge in [-0.05, 0) is 24.3 Å². The van der Waals surface area contributed by atoms with E-state index in [2.05, 4.69) is 19.9 Å². The van der Waals surface area contributed by atoms with Crippen molar-refractivity contribution in [2.75, 3.05) is 36.8 Å². The molecule has 4 heterocycles. The average molecular weight is 440 g/mol. The summed E-state index contributed by atoms with van der Waals surface area (Å²) in [6.07, 6.45) is 3.23. The Balaban J connectivity index is 1.26. The van der Waals surface area contributed by atoms with E-state index in [0.717, 1.165) is 33.3 Å². The van der Waals surface area contributed by atoms with Crippen LogP contribution in [0.1, 0.15) is 0 Å². The van der Waals surface area contributed by atoms with Crippen molar-refractivity contribution in [3.8, 4) is 0 Å². The minimum atomic E-state index is -0.282. The maximum Gasteiger partial charge on any atom is 0.233 e. The number of benzene rings is 1. The van der Waals surface area contributed by atoms with Gasteiger partial charge < -0.3 is 9.80 Å². The number of anilines is 1. The van der Waals surface area contributed by atoms with Gasteiger partial charge in [0, 0.05) is 37.1 Å². The second kappa shape index (κ2) is 8.16. The van der Waals surface area contributed by atoms with Gasteiger partial charge in [-0.1, -0.05) is 23.9 Å². The molecule has 30 heavy (non-hydrogen) atoms. The van der Waals surface area contributed by atoms with E-state index in [4.69, 9.17) is 0 Å². The summed E-state index contributed by atoms with van der Waals surface area (Å²) >= 11 is 2.85. The summed E-state index contributed by atoms with van der Waals surface area (Å²) in [6.45, 7) is 2.87. The van der Waals surface area contributed by atoms with Crippen molar-refractivity contribution in [1.29, 1.82) is 0 Å². The minimum Gasteiger partial charge on any atom is -0.353 e. The predicted octanol–water partition coefficient (Wildman–Crippen LogP) is 3.82. The van der Waals surface area contributed by atoms with E-state index in [0.29, 0.717) is 29.7 Å². The standard InChI is InChI=1S/C21H18FN5OS2/c22-14-4-3-5-15-18(14)19-20(30-15)21(25-13-24-19)29-12-17(28)27-10-8-26(9-11-27)16-6-1-2-7-23-16/h1-7,13H,8-12H2. The fraction of sp³-hybridized carbons (Fsp3) is 0.238. The van der Waals surface area contributed by atoms with Crippen molar-refractivity contribution >= 4 is 55.1 Å². The molecule has 0 atom stereocenters. The van der Waals surface area contributed by atoms with E-state index in [1.165, 1.54) is 35.5 Å². The number of fused-ring (bicyclic) bond motifs is 3. The highest BCUT2D eigenvalue weighted by Crippen LogP contribution is 2.38. The molecule has 152 valence electrons. The normalized spacial score (nSPS) is 14.6. The van der Waals surface area contributed by atoms with Crippen LogP contribution in [0.2, 0.25) is 0 Å². The van der Waals surface area contributed by atoms with Crippen LogP contribution in [-0.4, -0.2) is 57.7 Å². The largest absolute Gasteiger partial charge is 0.353 e. The van der Waals surface area contributed by atoms with Crippen LogP contribution in [0.3, 0.4) is 0 Å². The molecule has 1 aliphatic rings. The van der Waals surface area contributed by atoms with Gasteiger partial charge in [-0.25, -0.2) is 19.3 Å². The van der Waals surface area contributed by atoms with Gasteiger partial charge in [0.25, 0.3) is 0 Å². The van der Waals surface area contributed by atoms with Crippen LogP contribution >= 0.6 is 23.1 Å². The van der Waals surface area contributed by atoms with Crippen molar-refractivity contribution in [3.63, 3.8) is 0 Å². The Kier molecular flexibility index (Phi) is 5.22. The molecule has 6 nitrogen and oxygen atoms in total. The van der Waals surface area contributed by atoms with Gasteiger partial charge >= 0.3 is 0 Å². The molecule has 1 fully saturated rings. The summed E-state index contributed by atoms with van der Waals surface area (Å²) in [5, 5.41) is 1.25. The first-order valence-corrected chi connectivity index (χ1v) is 11.4. The number of carbonyl (C=O) groups is 1. The van der Waals surface area contributed by atoms with Crippen LogP contribution in [0.5, 0.6) is 0 Å². The average Bonchev–Trinajstić information content (AvgIpc) is 3.19. The zero-order valence-electron chi connectivity index (χ0n) is 16.0. The molecular formula is C21H18FN5OS2. The molecule has 0 spiro atoms. The molecular weight excluding hydrogens is 421 g/mol. The lowest BCUT2D eigenvalue weighted by Crippen LogP contribution is -2.49. The summed E-state index contributed by atoms with van der Waals surface area (Å²) in [5.74, 6) is 1.04. The van der Waals surface area contributed by atoms with Crippen LogP contribution < -0.4 is 4.90 Å². The molecule has 0 N–H and O–H groups in total. The van der Waals surface area contributed by atoms with Gasteiger partial charge in [0.15, 0.2) is 0 Å². The van der Waals surface area contributed by atoms with Gasteiger partial charge in [0.1, 0.15) is 23.0 Å². The van der Waals surface area contributed by atoms with Gasteiger partial charge in [0.05, 0.1) is 21.4 Å². The third-order valence-electron chi connectivity index (χ3n) is 5.13. The molecule has 3 aromatic heterocycles. The number of piperazine rings is 1. The van der Waals surface area contributed by atoms with E-state index >= 15 is 0 Å². The Bertz CT molecular complexity index is 1210. The maximum atomic E-state index is 14.3. The Morgan fingerprint density at radius 3 is 2.73 bits per heavy atom. The fourth-order valence-electron chi connectivity index (χ4n) is 3.61. The smallest absolute Gasteiger partial charge is 0.233 e. The number of rotatable bonds is 4. The molecule has 0 bridgehead atoms. The van der Waals surface area contributed by atoms with E-state index in [9.17, 15) is 9.18 Å². The summed E-state index contributed by atoms with van der Waals surface area (Å²) < 4.78 is 15.9. The van der Waals surface area contributed by atoms with Gasteiger partial charge in [0.2, 0.25) is 5.91 Å². The summed E-state index contributed by atoms with van der Waals surface area (Å²) in [5.41, 5.74) is 0.613. The topological polar surface area (TPSA) is 62.2 Å². The van der Waals surface area contributed by atoms with E-state index < -0.39 is 0 Å². The molecule has 0 unspecified atom stereocenters. The van der Waals surface area contributed by atoms with Crippen molar-refractivity contribution in [3.05, 3.63) is 54.7 Å². The molecule has 5 rings (SSSR count). The Morgan fingerprint density at radius 1 is 1.07 bits per heavy atom. The number of thiophene rings is 1. The van der Waals surface area contributed by atoms with Gasteiger partial charge in [-0.2, -0.15) is 0 Å². The Hall–Kier alpha value is -2.78. The first kappa shape index (κ1) is 19.2. The first-order chi connectivity index (χ1) is 14.7. The third-order valence-corrected chi connectivity index (χ3v) is 7.39. The van der Waals surface area contributed by atoms with Gasteiger partial charge in [-0.3, -0.25) is 4.79 Å². The number of halogens is 1. The van der Waals surface area contributed by atoms with E-state index in [1.807, 2.05) is 29.2 Å². The Morgan fingerprint density at radius 2 is 1.93 bits per heavy atom. The van der Waals surface area contributed by atoms with Crippen molar-refractivity contribution in [1.82, 2.24) is 19.9 Å².